The van der Waals surface area contributed by atoms with Crippen molar-refractivity contribution in [3.63, 3.8) is 0 Å². The van der Waals surface area contributed by atoms with Crippen molar-refractivity contribution >= 4 is 17.2 Å². The van der Waals surface area contributed by atoms with Crippen molar-refractivity contribution in [2.45, 2.75) is 13.5 Å². The van der Waals surface area contributed by atoms with Crippen LogP contribution < -0.4 is 5.73 Å². The minimum Gasteiger partial charge on any atom is -0.467 e. The van der Waals surface area contributed by atoms with E-state index in [0.29, 0.717) is 18.0 Å². The largest absolute Gasteiger partial charge is 0.467 e. The van der Waals surface area contributed by atoms with Crippen LogP contribution in [0.1, 0.15) is 25.9 Å². The second-order valence-electron chi connectivity index (χ2n) is 4.37. The van der Waals surface area contributed by atoms with Gasteiger partial charge in [-0.2, -0.15) is 0 Å². The van der Waals surface area contributed by atoms with Gasteiger partial charge in [-0.1, -0.05) is 11.8 Å². The molecule has 0 saturated carbocycles. The Morgan fingerprint density at radius 2 is 2.35 bits per heavy atom. The van der Waals surface area contributed by atoms with E-state index < -0.39 is 0 Å². The smallest absolute Gasteiger partial charge is 0.264 e. The molecule has 2 aromatic rings. The molecule has 0 atom stereocenters. The average molecular weight is 288 g/mol. The van der Waals surface area contributed by atoms with E-state index in [1.165, 1.54) is 11.3 Å². The third-order valence-corrected chi connectivity index (χ3v) is 3.89. The van der Waals surface area contributed by atoms with Gasteiger partial charge in [0.25, 0.3) is 5.91 Å². The highest BCUT2D eigenvalue weighted by molar-refractivity contribution is 7.14. The fourth-order valence-corrected chi connectivity index (χ4v) is 2.78. The summed E-state index contributed by atoms with van der Waals surface area (Å²) in [4.78, 5) is 15.5. The number of nitrogens with two attached hydrogens (primary N) is 1. The Balaban J connectivity index is 2.12. The number of carbonyl (C=O) groups excluding carboxylic acids is 1. The number of amides is 1. The maximum Gasteiger partial charge on any atom is 0.264 e. The minimum atomic E-state index is -0.0321. The van der Waals surface area contributed by atoms with Gasteiger partial charge in [-0.15, -0.1) is 11.3 Å². The van der Waals surface area contributed by atoms with Gasteiger partial charge in [0, 0.05) is 7.05 Å². The summed E-state index contributed by atoms with van der Waals surface area (Å²) in [5.41, 5.74) is 6.37. The van der Waals surface area contributed by atoms with Crippen LogP contribution in [0.2, 0.25) is 0 Å². The molecular weight excluding hydrogens is 272 g/mol. The zero-order chi connectivity index (χ0) is 14.5. The molecule has 2 rings (SSSR count). The zero-order valence-corrected chi connectivity index (χ0v) is 12.3. The first-order valence-corrected chi connectivity index (χ1v) is 7.00. The Labute approximate surface area is 122 Å². The fourth-order valence-electron chi connectivity index (χ4n) is 1.74. The van der Waals surface area contributed by atoms with Gasteiger partial charge in [-0.25, -0.2) is 0 Å². The van der Waals surface area contributed by atoms with Crippen LogP contribution in [0.5, 0.6) is 0 Å². The number of furan rings is 1. The van der Waals surface area contributed by atoms with Crippen molar-refractivity contribution < 1.29 is 9.21 Å². The molecule has 0 fully saturated rings. The number of thiophene rings is 1. The standard InChI is InChI=1S/C15H16N2O2S/c1-11-9-14(20-13(11)6-3-7-16)15(18)17(2)10-12-5-4-8-19-12/h4-5,8-9H,7,10,16H2,1-2H3. The monoisotopic (exact) mass is 288 g/mol. The van der Waals surface area contributed by atoms with E-state index in [1.807, 2.05) is 25.1 Å². The van der Waals surface area contributed by atoms with E-state index in [4.69, 9.17) is 10.2 Å². The van der Waals surface area contributed by atoms with Crippen LogP contribution in [0.15, 0.2) is 28.9 Å². The van der Waals surface area contributed by atoms with E-state index in [9.17, 15) is 4.79 Å². The second kappa shape index (κ2) is 6.42. The van der Waals surface area contributed by atoms with E-state index in [0.717, 1.165) is 16.2 Å². The van der Waals surface area contributed by atoms with E-state index in [-0.39, 0.29) is 5.91 Å². The normalized spacial score (nSPS) is 9.95. The topological polar surface area (TPSA) is 59.5 Å². The lowest BCUT2D eigenvalue weighted by Crippen LogP contribution is -2.25. The molecule has 0 aliphatic carbocycles. The summed E-state index contributed by atoms with van der Waals surface area (Å²) in [6.07, 6.45) is 1.60. The van der Waals surface area contributed by atoms with E-state index in [1.54, 1.807) is 18.2 Å². The highest BCUT2D eigenvalue weighted by Crippen LogP contribution is 2.22. The quantitative estimate of drug-likeness (QED) is 0.881. The summed E-state index contributed by atoms with van der Waals surface area (Å²) in [5, 5.41) is 0. The van der Waals surface area contributed by atoms with E-state index >= 15 is 0 Å². The second-order valence-corrected chi connectivity index (χ2v) is 5.42. The maximum absolute atomic E-state index is 12.3. The van der Waals surface area contributed by atoms with Gasteiger partial charge >= 0.3 is 0 Å². The first-order chi connectivity index (χ1) is 9.61. The SMILES string of the molecule is Cc1cc(C(=O)N(C)Cc2ccco2)sc1C#CCN. The van der Waals surface area contributed by atoms with Crippen molar-refractivity contribution in [2.24, 2.45) is 5.73 Å². The van der Waals surface area contributed by atoms with Crippen molar-refractivity contribution in [3.8, 4) is 11.8 Å². The van der Waals surface area contributed by atoms with Crippen LogP contribution in [-0.4, -0.2) is 24.4 Å². The Morgan fingerprint density at radius 3 is 3.00 bits per heavy atom. The molecule has 0 bridgehead atoms. The van der Waals surface area contributed by atoms with Gasteiger partial charge in [-0.3, -0.25) is 4.79 Å². The molecule has 0 spiro atoms. The molecule has 104 valence electrons. The number of hydrogen-bond acceptors (Lipinski definition) is 4. The molecule has 20 heavy (non-hydrogen) atoms. The van der Waals surface area contributed by atoms with E-state index in [2.05, 4.69) is 11.8 Å². The predicted molar refractivity (Wildman–Crippen MR) is 79.5 cm³/mol. The average Bonchev–Trinajstić information content (AvgIpc) is 3.05. The number of rotatable bonds is 3. The Bertz CT molecular complexity index is 647. The fraction of sp³-hybridized carbons (Fsp3) is 0.267. The molecule has 2 N–H and O–H groups in total. The highest BCUT2D eigenvalue weighted by Gasteiger charge is 2.16. The molecule has 4 nitrogen and oxygen atoms in total. The predicted octanol–water partition coefficient (Wildman–Crippen LogP) is 2.23. The summed E-state index contributed by atoms with van der Waals surface area (Å²) in [5.74, 6) is 6.53. The highest BCUT2D eigenvalue weighted by atomic mass is 32.1. The molecule has 0 aromatic carbocycles. The van der Waals surface area contributed by atoms with Crippen molar-refractivity contribution in [1.82, 2.24) is 4.90 Å². The third-order valence-electron chi connectivity index (χ3n) is 2.75. The molecule has 0 unspecified atom stereocenters. The van der Waals surface area contributed by atoms with Crippen LogP contribution in [0, 0.1) is 18.8 Å². The van der Waals surface area contributed by atoms with Gasteiger partial charge in [0.05, 0.1) is 29.1 Å². The van der Waals surface area contributed by atoms with Gasteiger partial charge < -0.3 is 15.1 Å². The molecule has 0 aliphatic heterocycles. The first-order valence-electron chi connectivity index (χ1n) is 6.19. The van der Waals surface area contributed by atoms with Crippen LogP contribution in [-0.2, 0) is 6.54 Å². The van der Waals surface area contributed by atoms with Crippen LogP contribution >= 0.6 is 11.3 Å². The summed E-state index contributed by atoms with van der Waals surface area (Å²) in [6, 6.07) is 5.53. The number of carbonyl (C=O) groups is 1. The first kappa shape index (κ1) is 14.4. The Hall–Kier alpha value is -2.03. The molecule has 0 saturated heterocycles. The van der Waals surface area contributed by atoms with Crippen LogP contribution in [0.25, 0.3) is 0 Å². The summed E-state index contributed by atoms with van der Waals surface area (Å²) < 4.78 is 5.25. The number of aryl methyl sites for hydroxylation is 1. The van der Waals surface area contributed by atoms with Gasteiger partial charge in [0.1, 0.15) is 5.76 Å². The zero-order valence-electron chi connectivity index (χ0n) is 11.5. The summed E-state index contributed by atoms with van der Waals surface area (Å²) in [7, 11) is 1.76. The van der Waals surface area contributed by atoms with Crippen molar-refractivity contribution in [2.75, 3.05) is 13.6 Å². The van der Waals surface area contributed by atoms with Gasteiger partial charge in [-0.05, 0) is 30.7 Å². The Kier molecular flexibility index (Phi) is 4.61. The molecular formula is C15H16N2O2S. The molecule has 0 aliphatic rings. The number of hydrogen-bond donors (Lipinski definition) is 1. The molecule has 0 radical (unpaired) electrons. The lowest BCUT2D eigenvalue weighted by molar-refractivity contribution is 0.0780. The molecule has 5 heteroatoms. The van der Waals surface area contributed by atoms with Gasteiger partial charge in [0.15, 0.2) is 0 Å². The molecule has 1 amide bonds. The van der Waals surface area contributed by atoms with Crippen LogP contribution in [0.3, 0.4) is 0 Å². The van der Waals surface area contributed by atoms with Gasteiger partial charge in [0.2, 0.25) is 0 Å². The lowest BCUT2D eigenvalue weighted by atomic mass is 10.2. The summed E-state index contributed by atoms with van der Waals surface area (Å²) >= 11 is 1.40. The minimum absolute atomic E-state index is 0.0321. The summed E-state index contributed by atoms with van der Waals surface area (Å²) in [6.45, 7) is 2.71. The lowest BCUT2D eigenvalue weighted by Gasteiger charge is -2.14. The third kappa shape index (κ3) is 3.29. The van der Waals surface area contributed by atoms with Crippen molar-refractivity contribution in [1.29, 1.82) is 0 Å². The molecule has 2 heterocycles. The number of nitrogens with zero attached hydrogens (tertiary/aromatic N) is 1. The van der Waals surface area contributed by atoms with Crippen molar-refractivity contribution in [3.05, 3.63) is 45.5 Å². The van der Waals surface area contributed by atoms with Crippen LogP contribution in [0.4, 0.5) is 0 Å². The Morgan fingerprint density at radius 1 is 1.55 bits per heavy atom. The maximum atomic E-state index is 12.3. The molecule has 2 aromatic heterocycles.